The third kappa shape index (κ3) is 4.36. The zero-order valence-corrected chi connectivity index (χ0v) is 16.6. The number of hydrogen-bond acceptors (Lipinski definition) is 5. The van der Waals surface area contributed by atoms with Crippen LogP contribution in [0.15, 0.2) is 66.0 Å². The van der Waals surface area contributed by atoms with Crippen LogP contribution in [-0.2, 0) is 13.0 Å². The maximum atomic E-state index is 12.6. The molecule has 7 heteroatoms. The number of thiophene rings is 1. The van der Waals surface area contributed by atoms with Crippen molar-refractivity contribution in [3.05, 3.63) is 97.7 Å². The standard InChI is InChI=1S/C22H21N3O3S/c26-22(17-7-9-19(10-8-17)25(27)28)23-14-20(21-6-3-13-29-21)24-12-11-16-4-1-2-5-18(16)15-24/h1-10,13,20H,11-12,14-15H2,(H,23,26)/t20-/m0/s1. The first-order valence-corrected chi connectivity index (χ1v) is 10.4. The van der Waals surface area contributed by atoms with Gasteiger partial charge in [-0.2, -0.15) is 0 Å². The van der Waals surface area contributed by atoms with E-state index in [1.54, 1.807) is 11.3 Å². The predicted molar refractivity (Wildman–Crippen MR) is 113 cm³/mol. The lowest BCUT2D eigenvalue weighted by Crippen LogP contribution is -2.40. The molecule has 0 bridgehead atoms. The molecule has 0 unspecified atom stereocenters. The van der Waals surface area contributed by atoms with Crippen LogP contribution in [0.25, 0.3) is 0 Å². The molecule has 2 aromatic carbocycles. The van der Waals surface area contributed by atoms with Gasteiger partial charge in [-0.3, -0.25) is 19.8 Å². The van der Waals surface area contributed by atoms with E-state index in [2.05, 4.69) is 45.9 Å². The molecule has 4 rings (SSSR count). The Balaban J connectivity index is 1.47. The van der Waals surface area contributed by atoms with Gasteiger partial charge in [-0.25, -0.2) is 0 Å². The summed E-state index contributed by atoms with van der Waals surface area (Å²) < 4.78 is 0. The van der Waals surface area contributed by atoms with Crippen molar-refractivity contribution in [1.82, 2.24) is 10.2 Å². The van der Waals surface area contributed by atoms with Gasteiger partial charge >= 0.3 is 0 Å². The Kier molecular flexibility index (Phi) is 5.69. The van der Waals surface area contributed by atoms with E-state index in [1.165, 1.54) is 40.3 Å². The van der Waals surface area contributed by atoms with Gasteiger partial charge in [0, 0.05) is 42.2 Å². The van der Waals surface area contributed by atoms with Crippen LogP contribution >= 0.6 is 11.3 Å². The van der Waals surface area contributed by atoms with Gasteiger partial charge in [0.25, 0.3) is 11.6 Å². The Labute approximate surface area is 172 Å². The Hall–Kier alpha value is -3.03. The summed E-state index contributed by atoms with van der Waals surface area (Å²) in [5, 5.41) is 15.9. The smallest absolute Gasteiger partial charge is 0.269 e. The minimum absolute atomic E-state index is 0.0232. The maximum Gasteiger partial charge on any atom is 0.269 e. The number of amides is 1. The van der Waals surface area contributed by atoms with E-state index in [9.17, 15) is 14.9 Å². The number of nitro benzene ring substituents is 1. The normalized spacial score (nSPS) is 14.8. The van der Waals surface area contributed by atoms with E-state index in [4.69, 9.17) is 0 Å². The van der Waals surface area contributed by atoms with Crippen LogP contribution < -0.4 is 5.32 Å². The summed E-state index contributed by atoms with van der Waals surface area (Å²) in [6.07, 6.45) is 0.994. The van der Waals surface area contributed by atoms with Gasteiger partial charge < -0.3 is 5.32 Å². The van der Waals surface area contributed by atoms with Crippen molar-refractivity contribution in [2.45, 2.75) is 19.0 Å². The molecule has 1 N–H and O–H groups in total. The number of carbonyl (C=O) groups excluding carboxylic acids is 1. The first-order valence-electron chi connectivity index (χ1n) is 9.49. The molecule has 0 radical (unpaired) electrons. The number of hydrogen-bond donors (Lipinski definition) is 1. The molecule has 0 spiro atoms. The molecule has 0 fully saturated rings. The fourth-order valence-electron chi connectivity index (χ4n) is 3.70. The Morgan fingerprint density at radius 2 is 1.86 bits per heavy atom. The summed E-state index contributed by atoms with van der Waals surface area (Å²) in [5.74, 6) is -0.223. The second-order valence-corrected chi connectivity index (χ2v) is 8.01. The second kappa shape index (κ2) is 8.55. The molecular weight excluding hydrogens is 386 g/mol. The van der Waals surface area contributed by atoms with Crippen molar-refractivity contribution in [2.24, 2.45) is 0 Å². The first-order chi connectivity index (χ1) is 14.1. The van der Waals surface area contributed by atoms with Crippen LogP contribution in [0.5, 0.6) is 0 Å². The van der Waals surface area contributed by atoms with Gasteiger partial charge in [0.15, 0.2) is 0 Å². The molecule has 1 atom stereocenters. The number of non-ortho nitro benzene ring substituents is 1. The summed E-state index contributed by atoms with van der Waals surface area (Å²) in [4.78, 5) is 26.5. The van der Waals surface area contributed by atoms with Gasteiger partial charge in [0.05, 0.1) is 11.0 Å². The number of nitro groups is 1. The van der Waals surface area contributed by atoms with Crippen molar-refractivity contribution in [3.63, 3.8) is 0 Å². The molecule has 1 aromatic heterocycles. The number of rotatable bonds is 6. The minimum Gasteiger partial charge on any atom is -0.350 e. The lowest BCUT2D eigenvalue weighted by molar-refractivity contribution is -0.384. The molecule has 148 valence electrons. The van der Waals surface area contributed by atoms with Gasteiger partial charge in [0.2, 0.25) is 0 Å². The highest BCUT2D eigenvalue weighted by molar-refractivity contribution is 7.10. The summed E-state index contributed by atoms with van der Waals surface area (Å²) >= 11 is 1.69. The lowest BCUT2D eigenvalue weighted by atomic mass is 9.98. The molecular formula is C22H21N3O3S. The Morgan fingerprint density at radius 1 is 1.10 bits per heavy atom. The highest BCUT2D eigenvalue weighted by atomic mass is 32.1. The summed E-state index contributed by atoms with van der Waals surface area (Å²) in [6.45, 7) is 2.28. The van der Waals surface area contributed by atoms with Crippen molar-refractivity contribution < 1.29 is 9.72 Å². The quantitative estimate of drug-likeness (QED) is 0.491. The summed E-state index contributed by atoms with van der Waals surface area (Å²) in [7, 11) is 0. The molecule has 0 aliphatic carbocycles. The highest BCUT2D eigenvalue weighted by Crippen LogP contribution is 2.30. The average Bonchev–Trinajstić information content (AvgIpc) is 3.28. The predicted octanol–water partition coefficient (Wildman–Crippen LogP) is 4.19. The molecule has 1 aliphatic rings. The molecule has 0 saturated carbocycles. The number of fused-ring (bicyclic) bond motifs is 1. The third-order valence-corrected chi connectivity index (χ3v) is 6.24. The fraction of sp³-hybridized carbons (Fsp3) is 0.227. The molecule has 3 aromatic rings. The molecule has 6 nitrogen and oxygen atoms in total. The number of benzene rings is 2. The molecule has 29 heavy (non-hydrogen) atoms. The van der Waals surface area contributed by atoms with E-state index in [-0.39, 0.29) is 17.6 Å². The van der Waals surface area contributed by atoms with Crippen LogP contribution in [0, 0.1) is 10.1 Å². The Bertz CT molecular complexity index is 1000. The van der Waals surface area contributed by atoms with Crippen molar-refractivity contribution in [2.75, 3.05) is 13.1 Å². The maximum absolute atomic E-state index is 12.6. The largest absolute Gasteiger partial charge is 0.350 e. The van der Waals surface area contributed by atoms with Gasteiger partial charge in [0.1, 0.15) is 0 Å². The van der Waals surface area contributed by atoms with Crippen LogP contribution in [-0.4, -0.2) is 28.8 Å². The van der Waals surface area contributed by atoms with Gasteiger partial charge in [-0.15, -0.1) is 11.3 Å². The number of carbonyl (C=O) groups is 1. The van der Waals surface area contributed by atoms with E-state index in [1.807, 2.05) is 6.07 Å². The average molecular weight is 407 g/mol. The number of nitrogens with zero attached hydrogens (tertiary/aromatic N) is 2. The van der Waals surface area contributed by atoms with Crippen molar-refractivity contribution >= 4 is 22.9 Å². The minimum atomic E-state index is -0.470. The lowest BCUT2D eigenvalue weighted by Gasteiger charge is -2.35. The molecule has 2 heterocycles. The Morgan fingerprint density at radius 3 is 2.55 bits per heavy atom. The van der Waals surface area contributed by atoms with Gasteiger partial charge in [-0.1, -0.05) is 30.3 Å². The van der Waals surface area contributed by atoms with Crippen molar-refractivity contribution in [3.8, 4) is 0 Å². The first kappa shape index (κ1) is 19.3. The second-order valence-electron chi connectivity index (χ2n) is 7.03. The van der Waals surface area contributed by atoms with Crippen LogP contribution in [0.3, 0.4) is 0 Å². The van der Waals surface area contributed by atoms with E-state index in [0.29, 0.717) is 12.1 Å². The topological polar surface area (TPSA) is 75.5 Å². The number of nitrogens with one attached hydrogen (secondary N) is 1. The van der Waals surface area contributed by atoms with Crippen molar-refractivity contribution in [1.29, 1.82) is 0 Å². The van der Waals surface area contributed by atoms with E-state index >= 15 is 0 Å². The van der Waals surface area contributed by atoms with Gasteiger partial charge in [-0.05, 0) is 41.1 Å². The van der Waals surface area contributed by atoms with Crippen LogP contribution in [0.1, 0.15) is 32.4 Å². The van der Waals surface area contributed by atoms with E-state index < -0.39 is 4.92 Å². The zero-order chi connectivity index (χ0) is 20.2. The third-order valence-electron chi connectivity index (χ3n) is 5.27. The van der Waals surface area contributed by atoms with Crippen LogP contribution in [0.2, 0.25) is 0 Å². The molecule has 0 saturated heterocycles. The fourth-order valence-corrected chi connectivity index (χ4v) is 4.56. The zero-order valence-electron chi connectivity index (χ0n) is 15.8. The van der Waals surface area contributed by atoms with E-state index in [0.717, 1.165) is 19.5 Å². The summed E-state index contributed by atoms with van der Waals surface area (Å²) in [6, 6.07) is 18.4. The molecule has 1 amide bonds. The highest BCUT2D eigenvalue weighted by Gasteiger charge is 2.26. The van der Waals surface area contributed by atoms with Crippen LogP contribution in [0.4, 0.5) is 5.69 Å². The SMILES string of the molecule is O=C(NC[C@@H](c1cccs1)N1CCc2ccccc2C1)c1ccc([N+](=O)[O-])cc1. The molecule has 1 aliphatic heterocycles. The summed E-state index contributed by atoms with van der Waals surface area (Å²) in [5.41, 5.74) is 3.13. The monoisotopic (exact) mass is 407 g/mol.